The highest BCUT2D eigenvalue weighted by Gasteiger charge is 2.41. The first-order valence-electron chi connectivity index (χ1n) is 9.16. The van der Waals surface area contributed by atoms with Crippen LogP contribution in [-0.4, -0.2) is 43.2 Å². The highest BCUT2D eigenvalue weighted by Crippen LogP contribution is 2.35. The number of nitrogens with zero attached hydrogens (tertiary/aromatic N) is 2. The molecule has 0 spiro atoms. The van der Waals surface area contributed by atoms with Gasteiger partial charge in [-0.15, -0.1) is 12.4 Å². The predicted molar refractivity (Wildman–Crippen MR) is 110 cm³/mol. The third-order valence-electron chi connectivity index (χ3n) is 5.69. The Morgan fingerprint density at radius 1 is 0.926 bits per heavy atom. The summed E-state index contributed by atoms with van der Waals surface area (Å²) in [6, 6.07) is 18.2. The summed E-state index contributed by atoms with van der Waals surface area (Å²) in [6.07, 6.45) is 0.770. The fourth-order valence-electron chi connectivity index (χ4n) is 4.17. The van der Waals surface area contributed by atoms with Crippen LogP contribution >= 0.6 is 12.4 Å². The largest absolute Gasteiger partial charge is 0.330 e. The van der Waals surface area contributed by atoms with E-state index in [0.717, 1.165) is 12.0 Å². The van der Waals surface area contributed by atoms with Gasteiger partial charge in [-0.2, -0.15) is 17.0 Å². The molecule has 0 unspecified atom stereocenters. The zero-order valence-electron chi connectivity index (χ0n) is 15.2. The molecule has 7 heteroatoms. The molecule has 27 heavy (non-hydrogen) atoms. The van der Waals surface area contributed by atoms with Crippen LogP contribution < -0.4 is 5.73 Å². The Labute approximate surface area is 167 Å². The number of hydrogen-bond donors (Lipinski definition) is 1. The van der Waals surface area contributed by atoms with Gasteiger partial charge in [0.25, 0.3) is 10.2 Å². The van der Waals surface area contributed by atoms with Gasteiger partial charge in [-0.3, -0.25) is 0 Å². The lowest BCUT2D eigenvalue weighted by molar-refractivity contribution is 0.341. The second-order valence-corrected chi connectivity index (χ2v) is 9.12. The first-order chi connectivity index (χ1) is 12.6. The zero-order chi connectivity index (χ0) is 18.1. The van der Waals surface area contributed by atoms with E-state index in [2.05, 4.69) is 18.2 Å². The van der Waals surface area contributed by atoms with Gasteiger partial charge in [-0.1, -0.05) is 54.6 Å². The van der Waals surface area contributed by atoms with E-state index >= 15 is 0 Å². The first kappa shape index (κ1) is 20.3. The van der Waals surface area contributed by atoms with Crippen molar-refractivity contribution in [3.8, 4) is 0 Å². The number of benzene rings is 2. The monoisotopic (exact) mass is 407 g/mol. The Balaban J connectivity index is 0.00000210. The van der Waals surface area contributed by atoms with Crippen molar-refractivity contribution < 1.29 is 8.42 Å². The molecule has 2 aromatic rings. The van der Waals surface area contributed by atoms with Crippen LogP contribution in [0.5, 0.6) is 0 Å². The van der Waals surface area contributed by atoms with E-state index in [4.69, 9.17) is 5.73 Å². The van der Waals surface area contributed by atoms with E-state index in [1.54, 1.807) is 8.61 Å². The minimum atomic E-state index is -3.48. The molecule has 1 fully saturated rings. The van der Waals surface area contributed by atoms with Crippen molar-refractivity contribution in [1.82, 2.24) is 8.61 Å². The predicted octanol–water partition coefficient (Wildman–Crippen LogP) is 2.39. The standard InChI is InChI=1S/C20H25N3O2S.ClH/c21-12-19-14-23(15-20(19)17-7-2-1-3-8-17)26(24,25)22-11-10-16-6-4-5-9-18(16)13-22;/h1-9,19-20H,10-15,21H2;1H/t19-,20+;/m1./s1. The maximum atomic E-state index is 13.2. The fourth-order valence-corrected chi connectivity index (χ4v) is 5.85. The van der Waals surface area contributed by atoms with Crippen molar-refractivity contribution in [3.05, 3.63) is 71.3 Å². The third kappa shape index (κ3) is 3.91. The maximum absolute atomic E-state index is 13.2. The van der Waals surface area contributed by atoms with Crippen molar-refractivity contribution in [1.29, 1.82) is 0 Å². The van der Waals surface area contributed by atoms with Crippen molar-refractivity contribution in [3.63, 3.8) is 0 Å². The van der Waals surface area contributed by atoms with E-state index in [-0.39, 0.29) is 24.2 Å². The molecule has 2 atom stereocenters. The summed E-state index contributed by atoms with van der Waals surface area (Å²) in [6.45, 7) is 2.49. The Morgan fingerprint density at radius 2 is 1.59 bits per heavy atom. The molecule has 0 aromatic heterocycles. The Hall–Kier alpha value is -1.44. The molecule has 2 aromatic carbocycles. The molecule has 4 rings (SSSR count). The van der Waals surface area contributed by atoms with Gasteiger partial charge in [-0.05, 0) is 35.6 Å². The topological polar surface area (TPSA) is 66.6 Å². The van der Waals surface area contributed by atoms with Gasteiger partial charge in [0.1, 0.15) is 0 Å². The van der Waals surface area contributed by atoms with Crippen molar-refractivity contribution in [2.75, 3.05) is 26.2 Å². The highest BCUT2D eigenvalue weighted by atomic mass is 35.5. The number of fused-ring (bicyclic) bond motifs is 1. The van der Waals surface area contributed by atoms with E-state index < -0.39 is 10.2 Å². The smallest absolute Gasteiger partial charge is 0.282 e. The zero-order valence-corrected chi connectivity index (χ0v) is 16.8. The SMILES string of the molecule is Cl.NC[C@@H]1CN(S(=O)(=O)N2CCc3ccccc3C2)C[C@H]1c1ccccc1. The lowest BCUT2D eigenvalue weighted by Crippen LogP contribution is -2.45. The van der Waals surface area contributed by atoms with Gasteiger partial charge in [0, 0.05) is 32.1 Å². The van der Waals surface area contributed by atoms with Gasteiger partial charge >= 0.3 is 0 Å². The normalized spacial score (nSPS) is 23.6. The summed E-state index contributed by atoms with van der Waals surface area (Å²) in [5.74, 6) is 0.317. The van der Waals surface area contributed by atoms with Crippen LogP contribution in [0.4, 0.5) is 0 Å². The van der Waals surface area contributed by atoms with Gasteiger partial charge in [0.05, 0.1) is 0 Å². The second kappa shape index (κ2) is 8.29. The van der Waals surface area contributed by atoms with Crippen molar-refractivity contribution >= 4 is 22.6 Å². The number of rotatable bonds is 4. The lowest BCUT2D eigenvalue weighted by Gasteiger charge is -2.31. The average Bonchev–Trinajstić information content (AvgIpc) is 3.13. The summed E-state index contributed by atoms with van der Waals surface area (Å²) in [5, 5.41) is 0. The van der Waals surface area contributed by atoms with E-state index in [1.165, 1.54) is 11.1 Å². The Bertz CT molecular complexity index is 876. The minimum Gasteiger partial charge on any atom is -0.330 e. The Morgan fingerprint density at radius 3 is 2.30 bits per heavy atom. The number of nitrogens with two attached hydrogens (primary N) is 1. The van der Waals surface area contributed by atoms with Gasteiger partial charge < -0.3 is 5.73 Å². The van der Waals surface area contributed by atoms with Crippen LogP contribution in [0.1, 0.15) is 22.6 Å². The molecular formula is C20H26ClN3O2S. The van der Waals surface area contributed by atoms with Crippen molar-refractivity contribution in [2.24, 2.45) is 11.7 Å². The minimum absolute atomic E-state index is 0. The molecule has 0 radical (unpaired) electrons. The number of halogens is 1. The maximum Gasteiger partial charge on any atom is 0.282 e. The van der Waals surface area contributed by atoms with Gasteiger partial charge in [0.15, 0.2) is 0 Å². The molecule has 2 aliphatic rings. The molecule has 1 saturated heterocycles. The van der Waals surface area contributed by atoms with Crippen LogP contribution in [0.3, 0.4) is 0 Å². The summed E-state index contributed by atoms with van der Waals surface area (Å²) < 4.78 is 29.8. The summed E-state index contributed by atoms with van der Waals surface area (Å²) >= 11 is 0. The molecule has 2 heterocycles. The molecule has 146 valence electrons. The van der Waals surface area contributed by atoms with Gasteiger partial charge in [0.2, 0.25) is 0 Å². The van der Waals surface area contributed by atoms with Crippen LogP contribution in [0.15, 0.2) is 54.6 Å². The summed E-state index contributed by atoms with van der Waals surface area (Å²) in [7, 11) is -3.48. The first-order valence-corrected chi connectivity index (χ1v) is 10.6. The van der Waals surface area contributed by atoms with Crippen molar-refractivity contribution in [2.45, 2.75) is 18.9 Å². The molecular weight excluding hydrogens is 382 g/mol. The summed E-state index contributed by atoms with van der Waals surface area (Å²) in [4.78, 5) is 0. The molecule has 2 aliphatic heterocycles. The third-order valence-corrected chi connectivity index (χ3v) is 7.60. The summed E-state index contributed by atoms with van der Waals surface area (Å²) in [5.41, 5.74) is 9.50. The Kier molecular flexibility index (Phi) is 6.23. The van der Waals surface area contributed by atoms with Gasteiger partial charge in [-0.25, -0.2) is 0 Å². The van der Waals surface area contributed by atoms with Crippen LogP contribution in [0.25, 0.3) is 0 Å². The highest BCUT2D eigenvalue weighted by molar-refractivity contribution is 7.86. The fraction of sp³-hybridized carbons (Fsp3) is 0.400. The van der Waals surface area contributed by atoms with E-state index in [0.29, 0.717) is 32.7 Å². The van der Waals surface area contributed by atoms with Crippen LogP contribution in [-0.2, 0) is 23.2 Å². The van der Waals surface area contributed by atoms with E-state index in [9.17, 15) is 8.42 Å². The molecule has 5 nitrogen and oxygen atoms in total. The quantitative estimate of drug-likeness (QED) is 0.846. The average molecular weight is 408 g/mol. The second-order valence-electron chi connectivity index (χ2n) is 7.19. The molecule has 2 N–H and O–H groups in total. The molecule has 0 bridgehead atoms. The molecule has 0 amide bonds. The number of hydrogen-bond acceptors (Lipinski definition) is 3. The van der Waals surface area contributed by atoms with Crippen LogP contribution in [0.2, 0.25) is 0 Å². The molecule has 0 saturated carbocycles. The lowest BCUT2D eigenvalue weighted by atomic mass is 9.89. The van der Waals surface area contributed by atoms with Crippen LogP contribution in [0, 0.1) is 5.92 Å². The molecule has 0 aliphatic carbocycles. The van der Waals surface area contributed by atoms with E-state index in [1.807, 2.05) is 36.4 Å².